The second-order valence-corrected chi connectivity index (χ2v) is 6.71. The van der Waals surface area contributed by atoms with E-state index in [-0.39, 0.29) is 36.1 Å². The first-order valence-corrected chi connectivity index (χ1v) is 8.58. The maximum Gasteiger partial charge on any atom is 0.288 e. The van der Waals surface area contributed by atoms with Crippen molar-refractivity contribution in [2.24, 2.45) is 11.7 Å². The van der Waals surface area contributed by atoms with Gasteiger partial charge in [-0.1, -0.05) is 30.3 Å². The molecular weight excluding hydrogens is 306 g/mol. The number of carbonyl (C=O) groups excluding carboxylic acids is 3. The lowest BCUT2D eigenvalue weighted by molar-refractivity contribution is -0.920. The lowest BCUT2D eigenvalue weighted by Gasteiger charge is -2.30. The van der Waals surface area contributed by atoms with E-state index in [0.717, 1.165) is 23.6 Å². The monoisotopic (exact) mass is 330 g/mol. The molecule has 0 spiro atoms. The molecule has 0 unspecified atom stereocenters. The Kier molecular flexibility index (Phi) is 4.94. The van der Waals surface area contributed by atoms with Gasteiger partial charge in [-0.2, -0.15) is 0 Å². The van der Waals surface area contributed by atoms with Crippen LogP contribution >= 0.6 is 0 Å². The van der Waals surface area contributed by atoms with Crippen LogP contribution in [0.1, 0.15) is 24.8 Å². The molecule has 2 saturated heterocycles. The van der Waals surface area contributed by atoms with Gasteiger partial charge >= 0.3 is 0 Å². The second-order valence-electron chi connectivity index (χ2n) is 6.71. The molecule has 24 heavy (non-hydrogen) atoms. The largest absolute Gasteiger partial charge is 0.369 e. The van der Waals surface area contributed by atoms with E-state index in [1.807, 2.05) is 30.3 Å². The van der Waals surface area contributed by atoms with Crippen LogP contribution in [0.3, 0.4) is 0 Å². The number of nitrogens with two attached hydrogens (primary N) is 1. The third kappa shape index (κ3) is 3.48. The number of piperidine rings is 1. The van der Waals surface area contributed by atoms with Gasteiger partial charge in [-0.25, -0.2) is 0 Å². The fourth-order valence-corrected chi connectivity index (χ4v) is 3.74. The number of quaternary nitrogens is 1. The van der Waals surface area contributed by atoms with Crippen molar-refractivity contribution in [3.8, 4) is 0 Å². The van der Waals surface area contributed by atoms with Gasteiger partial charge in [-0.15, -0.1) is 0 Å². The fourth-order valence-electron chi connectivity index (χ4n) is 3.74. The van der Waals surface area contributed by atoms with Crippen LogP contribution in [-0.4, -0.2) is 48.3 Å². The standard InChI is InChI=1S/C18H23N3O3/c19-17(23)14-7-9-20(10-8-14)15-12-16(22)21(18(15)24)11-6-13-4-2-1-3-5-13/h1-5,14-15H,6-12H2,(H2,19,23)/p+1/t15-/m0/s1. The molecule has 2 heterocycles. The Bertz CT molecular complexity index is 624. The van der Waals surface area contributed by atoms with E-state index in [1.165, 1.54) is 4.90 Å². The van der Waals surface area contributed by atoms with Gasteiger partial charge < -0.3 is 10.6 Å². The van der Waals surface area contributed by atoms with Gasteiger partial charge in [0.1, 0.15) is 0 Å². The maximum absolute atomic E-state index is 12.6. The Labute approximate surface area is 141 Å². The first-order valence-electron chi connectivity index (χ1n) is 8.58. The van der Waals surface area contributed by atoms with Gasteiger partial charge in [-0.3, -0.25) is 19.3 Å². The van der Waals surface area contributed by atoms with Crippen molar-refractivity contribution in [3.05, 3.63) is 35.9 Å². The average molecular weight is 330 g/mol. The van der Waals surface area contributed by atoms with Gasteiger partial charge in [-0.05, 0) is 12.0 Å². The zero-order valence-electron chi connectivity index (χ0n) is 13.7. The molecule has 0 saturated carbocycles. The van der Waals surface area contributed by atoms with E-state index in [4.69, 9.17) is 5.73 Å². The van der Waals surface area contributed by atoms with E-state index in [2.05, 4.69) is 0 Å². The van der Waals surface area contributed by atoms with E-state index in [0.29, 0.717) is 25.8 Å². The van der Waals surface area contributed by atoms with Crippen molar-refractivity contribution in [3.63, 3.8) is 0 Å². The van der Waals surface area contributed by atoms with Crippen molar-refractivity contribution in [2.75, 3.05) is 19.6 Å². The molecule has 6 heteroatoms. The van der Waals surface area contributed by atoms with Crippen molar-refractivity contribution >= 4 is 17.7 Å². The molecule has 2 fully saturated rings. The molecule has 6 nitrogen and oxygen atoms in total. The zero-order valence-corrected chi connectivity index (χ0v) is 13.7. The lowest BCUT2D eigenvalue weighted by atomic mass is 9.95. The number of nitrogens with one attached hydrogen (secondary N) is 1. The first kappa shape index (κ1) is 16.6. The Balaban J connectivity index is 1.57. The third-order valence-corrected chi connectivity index (χ3v) is 5.23. The summed E-state index contributed by atoms with van der Waals surface area (Å²) in [5, 5.41) is 0. The summed E-state index contributed by atoms with van der Waals surface area (Å²) in [5.74, 6) is -0.489. The Morgan fingerprint density at radius 1 is 1.17 bits per heavy atom. The first-order chi connectivity index (χ1) is 11.6. The molecule has 0 aromatic heterocycles. The SMILES string of the molecule is NC(=O)C1CC[NH+]([C@H]2CC(=O)N(CCc3ccccc3)C2=O)CC1. The number of carbonyl (C=O) groups is 3. The number of benzene rings is 1. The van der Waals surface area contributed by atoms with Gasteiger partial charge in [0.05, 0.1) is 19.5 Å². The van der Waals surface area contributed by atoms with Gasteiger partial charge in [0, 0.05) is 25.3 Å². The third-order valence-electron chi connectivity index (χ3n) is 5.23. The zero-order chi connectivity index (χ0) is 17.1. The van der Waals surface area contributed by atoms with E-state index in [1.54, 1.807) is 0 Å². The van der Waals surface area contributed by atoms with Crippen molar-refractivity contribution in [2.45, 2.75) is 31.7 Å². The summed E-state index contributed by atoms with van der Waals surface area (Å²) in [6, 6.07) is 9.58. The highest BCUT2D eigenvalue weighted by Crippen LogP contribution is 2.15. The summed E-state index contributed by atoms with van der Waals surface area (Å²) in [6.45, 7) is 1.89. The molecule has 3 amide bonds. The normalized spacial score (nSPS) is 27.5. The molecule has 1 aromatic carbocycles. The van der Waals surface area contributed by atoms with E-state index < -0.39 is 0 Å². The smallest absolute Gasteiger partial charge is 0.288 e. The number of hydrogen-bond acceptors (Lipinski definition) is 3. The van der Waals surface area contributed by atoms with Crippen LogP contribution in [0, 0.1) is 5.92 Å². The summed E-state index contributed by atoms with van der Waals surface area (Å²) >= 11 is 0. The van der Waals surface area contributed by atoms with Crippen LogP contribution in [0.15, 0.2) is 30.3 Å². The highest BCUT2D eigenvalue weighted by atomic mass is 16.2. The number of rotatable bonds is 5. The van der Waals surface area contributed by atoms with Crippen LogP contribution in [0.4, 0.5) is 0 Å². The van der Waals surface area contributed by atoms with Crippen molar-refractivity contribution in [1.29, 1.82) is 0 Å². The molecular formula is C18H24N3O3+. The number of hydrogen-bond donors (Lipinski definition) is 2. The van der Waals surface area contributed by atoms with Crippen molar-refractivity contribution in [1.82, 2.24) is 4.90 Å². The topological polar surface area (TPSA) is 84.9 Å². The molecule has 0 radical (unpaired) electrons. The molecule has 3 rings (SSSR count). The maximum atomic E-state index is 12.6. The molecule has 128 valence electrons. The minimum absolute atomic E-state index is 0.0662. The van der Waals surface area contributed by atoms with Crippen LogP contribution in [0.25, 0.3) is 0 Å². The lowest BCUT2D eigenvalue weighted by Crippen LogP contribution is -3.17. The Morgan fingerprint density at radius 3 is 2.46 bits per heavy atom. The number of primary amides is 1. The molecule has 0 bridgehead atoms. The summed E-state index contributed by atoms with van der Waals surface area (Å²) in [7, 11) is 0. The minimum Gasteiger partial charge on any atom is -0.369 e. The van der Waals surface area contributed by atoms with Crippen LogP contribution in [0.2, 0.25) is 0 Å². The number of nitrogens with zero attached hydrogens (tertiary/aromatic N) is 1. The Morgan fingerprint density at radius 2 is 1.83 bits per heavy atom. The average Bonchev–Trinajstić information content (AvgIpc) is 2.88. The number of amides is 3. The quantitative estimate of drug-likeness (QED) is 0.689. The van der Waals surface area contributed by atoms with Crippen LogP contribution in [0.5, 0.6) is 0 Å². The molecule has 3 N–H and O–H groups in total. The summed E-state index contributed by atoms with van der Waals surface area (Å²) in [6.07, 6.45) is 2.37. The molecule has 2 aliphatic heterocycles. The van der Waals surface area contributed by atoms with Gasteiger partial charge in [0.15, 0.2) is 6.04 Å². The fraction of sp³-hybridized carbons (Fsp3) is 0.500. The predicted octanol–water partition coefficient (Wildman–Crippen LogP) is -0.863. The van der Waals surface area contributed by atoms with Crippen LogP contribution < -0.4 is 10.6 Å². The molecule has 1 aromatic rings. The van der Waals surface area contributed by atoms with E-state index in [9.17, 15) is 14.4 Å². The van der Waals surface area contributed by atoms with Gasteiger partial charge in [0.2, 0.25) is 11.8 Å². The van der Waals surface area contributed by atoms with E-state index >= 15 is 0 Å². The highest BCUT2D eigenvalue weighted by molar-refractivity contribution is 6.04. The van der Waals surface area contributed by atoms with Crippen molar-refractivity contribution < 1.29 is 19.3 Å². The predicted molar refractivity (Wildman–Crippen MR) is 87.9 cm³/mol. The Hall–Kier alpha value is -2.21. The second kappa shape index (κ2) is 7.13. The summed E-state index contributed by atoms with van der Waals surface area (Å²) < 4.78 is 0. The summed E-state index contributed by atoms with van der Waals surface area (Å²) in [4.78, 5) is 38.7. The highest BCUT2D eigenvalue weighted by Gasteiger charge is 2.45. The van der Waals surface area contributed by atoms with Gasteiger partial charge in [0.25, 0.3) is 5.91 Å². The summed E-state index contributed by atoms with van der Waals surface area (Å²) in [5.41, 5.74) is 6.48. The number of imide groups is 1. The van der Waals surface area contributed by atoms with Crippen LogP contribution in [-0.2, 0) is 20.8 Å². The molecule has 2 aliphatic rings. The number of likely N-dealkylation sites (tertiary alicyclic amines) is 2. The molecule has 1 atom stereocenters. The molecule has 0 aliphatic carbocycles. The minimum atomic E-state index is -0.290.